The summed E-state index contributed by atoms with van der Waals surface area (Å²) in [5.41, 5.74) is 1.94. The maximum Gasteiger partial charge on any atom is 0.249 e. The molecule has 4 heteroatoms. The predicted octanol–water partition coefficient (Wildman–Crippen LogP) is 4.10. The van der Waals surface area contributed by atoms with E-state index >= 15 is 0 Å². The van der Waals surface area contributed by atoms with Gasteiger partial charge < -0.3 is 4.98 Å². The second-order valence-electron chi connectivity index (χ2n) is 4.25. The van der Waals surface area contributed by atoms with Crippen molar-refractivity contribution in [2.24, 2.45) is 0 Å². The highest BCUT2D eigenvalue weighted by Crippen LogP contribution is 2.28. The van der Waals surface area contributed by atoms with Crippen molar-refractivity contribution >= 4 is 26.8 Å². The minimum Gasteiger partial charge on any atom is -0.322 e. The summed E-state index contributed by atoms with van der Waals surface area (Å²) in [4.78, 5) is 14.5. The van der Waals surface area contributed by atoms with Crippen LogP contribution in [0.25, 0.3) is 22.0 Å². The molecular weight excluding hydrogens is 309 g/mol. The predicted molar refractivity (Wildman–Crippen MR) is 77.7 cm³/mol. The van der Waals surface area contributed by atoms with Gasteiger partial charge in [-0.1, -0.05) is 28.1 Å². The van der Waals surface area contributed by atoms with E-state index in [1.54, 1.807) is 12.1 Å². The number of H-pyrrole nitrogens is 1. The van der Waals surface area contributed by atoms with Gasteiger partial charge in [-0.15, -0.1) is 0 Å². The van der Waals surface area contributed by atoms with E-state index in [1.807, 2.05) is 18.2 Å². The molecule has 0 unspecified atom stereocenters. The molecule has 94 valence electrons. The van der Waals surface area contributed by atoms with E-state index in [2.05, 4.69) is 20.9 Å². The number of hydrogen-bond donors (Lipinski definition) is 1. The molecule has 2 nitrogen and oxygen atoms in total. The highest BCUT2D eigenvalue weighted by Gasteiger charge is 2.07. The van der Waals surface area contributed by atoms with Gasteiger partial charge in [0.1, 0.15) is 5.82 Å². The summed E-state index contributed by atoms with van der Waals surface area (Å²) >= 11 is 3.41. The minimum atomic E-state index is -0.319. The SMILES string of the molecule is O=c1cc(-c2cccc(F)c2)c2cc(Br)ccc2[nH]1. The third-order valence-electron chi connectivity index (χ3n) is 2.94. The van der Waals surface area contributed by atoms with Gasteiger partial charge in [0.25, 0.3) is 0 Å². The number of rotatable bonds is 1. The maximum atomic E-state index is 13.3. The average Bonchev–Trinajstić information content (AvgIpc) is 2.38. The van der Waals surface area contributed by atoms with Gasteiger partial charge in [-0.05, 0) is 41.5 Å². The summed E-state index contributed by atoms with van der Waals surface area (Å²) in [7, 11) is 0. The molecule has 0 spiro atoms. The summed E-state index contributed by atoms with van der Waals surface area (Å²) in [6.07, 6.45) is 0. The number of pyridine rings is 1. The van der Waals surface area contributed by atoms with E-state index < -0.39 is 0 Å². The minimum absolute atomic E-state index is 0.200. The molecule has 1 aromatic heterocycles. The Morgan fingerprint density at radius 3 is 2.68 bits per heavy atom. The van der Waals surface area contributed by atoms with Crippen molar-refractivity contribution in [2.45, 2.75) is 0 Å². The van der Waals surface area contributed by atoms with Crippen LogP contribution >= 0.6 is 15.9 Å². The number of nitrogens with one attached hydrogen (secondary N) is 1. The van der Waals surface area contributed by atoms with Crippen LogP contribution in [0.15, 0.2) is 57.8 Å². The molecule has 19 heavy (non-hydrogen) atoms. The third-order valence-corrected chi connectivity index (χ3v) is 3.43. The molecule has 0 amide bonds. The number of aromatic nitrogens is 1. The molecule has 3 rings (SSSR count). The molecule has 0 atom stereocenters. The van der Waals surface area contributed by atoms with Gasteiger partial charge in [-0.3, -0.25) is 4.79 Å². The molecule has 1 heterocycles. The van der Waals surface area contributed by atoms with Gasteiger partial charge in [0, 0.05) is 21.4 Å². The zero-order valence-corrected chi connectivity index (χ0v) is 11.4. The molecule has 2 aromatic carbocycles. The summed E-state index contributed by atoms with van der Waals surface area (Å²) < 4.78 is 14.2. The van der Waals surface area contributed by atoms with Crippen molar-refractivity contribution in [1.82, 2.24) is 4.98 Å². The van der Waals surface area contributed by atoms with Crippen molar-refractivity contribution in [1.29, 1.82) is 0 Å². The molecule has 3 aromatic rings. The zero-order chi connectivity index (χ0) is 13.4. The van der Waals surface area contributed by atoms with Crippen LogP contribution < -0.4 is 5.56 Å². The molecule has 0 bridgehead atoms. The molecule has 0 aliphatic rings. The van der Waals surface area contributed by atoms with E-state index in [-0.39, 0.29) is 11.4 Å². The zero-order valence-electron chi connectivity index (χ0n) is 9.78. The fraction of sp³-hybridized carbons (Fsp3) is 0. The van der Waals surface area contributed by atoms with Crippen LogP contribution in [0.2, 0.25) is 0 Å². The standard InChI is InChI=1S/C15H9BrFNO/c16-10-4-5-14-13(7-10)12(8-15(19)18-14)9-2-1-3-11(17)6-9/h1-8H,(H,18,19). The number of aromatic amines is 1. The molecular formula is C15H9BrFNO. The summed E-state index contributed by atoms with van der Waals surface area (Å²) in [6, 6.07) is 13.3. The van der Waals surface area contributed by atoms with E-state index in [1.165, 1.54) is 18.2 Å². The Balaban J connectivity index is 2.39. The van der Waals surface area contributed by atoms with Crippen LogP contribution in [0, 0.1) is 5.82 Å². The van der Waals surface area contributed by atoms with Crippen molar-refractivity contribution < 1.29 is 4.39 Å². The summed E-state index contributed by atoms with van der Waals surface area (Å²) in [6.45, 7) is 0. The fourth-order valence-electron chi connectivity index (χ4n) is 2.12. The molecule has 0 fully saturated rings. The Bertz CT molecular complexity index is 826. The Hall–Kier alpha value is -1.94. The van der Waals surface area contributed by atoms with Crippen LogP contribution in [-0.4, -0.2) is 4.98 Å². The fourth-order valence-corrected chi connectivity index (χ4v) is 2.48. The van der Waals surface area contributed by atoms with Gasteiger partial charge in [-0.2, -0.15) is 0 Å². The molecule has 0 radical (unpaired) electrons. The van der Waals surface area contributed by atoms with Crippen LogP contribution in [-0.2, 0) is 0 Å². The average molecular weight is 318 g/mol. The van der Waals surface area contributed by atoms with Crippen LogP contribution in [0.5, 0.6) is 0 Å². The lowest BCUT2D eigenvalue weighted by Crippen LogP contribution is -2.04. The molecule has 0 aliphatic heterocycles. The Morgan fingerprint density at radius 2 is 1.89 bits per heavy atom. The second kappa shape index (κ2) is 4.63. The maximum absolute atomic E-state index is 13.3. The van der Waals surface area contributed by atoms with Crippen molar-refractivity contribution in [3.63, 3.8) is 0 Å². The monoisotopic (exact) mass is 317 g/mol. The first-order valence-electron chi connectivity index (χ1n) is 5.72. The van der Waals surface area contributed by atoms with E-state index in [0.717, 1.165) is 20.9 Å². The molecule has 1 N–H and O–H groups in total. The lowest BCUT2D eigenvalue weighted by Gasteiger charge is -2.07. The third kappa shape index (κ3) is 2.31. The summed E-state index contributed by atoms with van der Waals surface area (Å²) in [5, 5.41) is 0.875. The summed E-state index contributed by atoms with van der Waals surface area (Å²) in [5.74, 6) is -0.319. The van der Waals surface area contributed by atoms with Gasteiger partial charge in [0.2, 0.25) is 5.56 Å². The second-order valence-corrected chi connectivity index (χ2v) is 5.16. The normalized spacial score (nSPS) is 10.8. The molecule has 0 saturated carbocycles. The van der Waals surface area contributed by atoms with Crippen LogP contribution in [0.3, 0.4) is 0 Å². The topological polar surface area (TPSA) is 32.9 Å². The van der Waals surface area contributed by atoms with Gasteiger partial charge in [0.05, 0.1) is 0 Å². The molecule has 0 aliphatic carbocycles. The number of halogens is 2. The van der Waals surface area contributed by atoms with Crippen molar-refractivity contribution in [3.05, 3.63) is 69.2 Å². The Labute approximate surface area is 117 Å². The molecule has 0 saturated heterocycles. The van der Waals surface area contributed by atoms with Crippen LogP contribution in [0.4, 0.5) is 4.39 Å². The van der Waals surface area contributed by atoms with E-state index in [9.17, 15) is 9.18 Å². The highest BCUT2D eigenvalue weighted by molar-refractivity contribution is 9.10. The first-order chi connectivity index (χ1) is 9.13. The number of benzene rings is 2. The van der Waals surface area contributed by atoms with Gasteiger partial charge in [-0.25, -0.2) is 4.39 Å². The Kier molecular flexibility index (Phi) is 2.95. The lowest BCUT2D eigenvalue weighted by atomic mass is 10.0. The lowest BCUT2D eigenvalue weighted by molar-refractivity contribution is 0.628. The first kappa shape index (κ1) is 12.1. The van der Waals surface area contributed by atoms with Gasteiger partial charge in [0.15, 0.2) is 0 Å². The van der Waals surface area contributed by atoms with Crippen molar-refractivity contribution in [3.8, 4) is 11.1 Å². The number of fused-ring (bicyclic) bond motifs is 1. The largest absolute Gasteiger partial charge is 0.322 e. The number of hydrogen-bond acceptors (Lipinski definition) is 1. The van der Waals surface area contributed by atoms with E-state index in [0.29, 0.717) is 5.56 Å². The highest BCUT2D eigenvalue weighted by atomic mass is 79.9. The van der Waals surface area contributed by atoms with Crippen LogP contribution in [0.1, 0.15) is 0 Å². The van der Waals surface area contributed by atoms with E-state index in [4.69, 9.17) is 0 Å². The smallest absolute Gasteiger partial charge is 0.249 e. The van der Waals surface area contributed by atoms with Gasteiger partial charge >= 0.3 is 0 Å². The van der Waals surface area contributed by atoms with Crippen molar-refractivity contribution in [2.75, 3.05) is 0 Å². The Morgan fingerprint density at radius 1 is 1.05 bits per heavy atom. The first-order valence-corrected chi connectivity index (χ1v) is 6.51. The quantitative estimate of drug-likeness (QED) is 0.720.